The first kappa shape index (κ1) is 9.89. The minimum absolute atomic E-state index is 0.575. The highest BCUT2D eigenvalue weighted by Gasteiger charge is 2.52. The lowest BCUT2D eigenvalue weighted by Gasteiger charge is -2.59. The number of hydrogen-bond donors (Lipinski definition) is 1. The van der Waals surface area contributed by atoms with Gasteiger partial charge in [-0.25, -0.2) is 0 Å². The van der Waals surface area contributed by atoms with E-state index in [9.17, 15) is 0 Å². The van der Waals surface area contributed by atoms with Gasteiger partial charge in [-0.2, -0.15) is 0 Å². The highest BCUT2D eigenvalue weighted by Crippen LogP contribution is 2.62. The molecule has 0 radical (unpaired) electrons. The first-order valence-corrected chi connectivity index (χ1v) is 6.58. The summed E-state index contributed by atoms with van der Waals surface area (Å²) in [7, 11) is 0. The quantitative estimate of drug-likeness (QED) is 0.704. The second-order valence-electron chi connectivity index (χ2n) is 6.36. The monoisotopic (exact) mass is 205 g/mol. The third-order valence-electron chi connectivity index (χ3n) is 5.41. The normalized spacial score (nSPS) is 49.3. The Balaban J connectivity index is 1.89. The molecule has 4 bridgehead atoms. The molecule has 1 atom stereocenters. The van der Waals surface area contributed by atoms with Gasteiger partial charge in [-0.15, -0.1) is 6.58 Å². The molecule has 0 heterocycles. The van der Waals surface area contributed by atoms with Crippen molar-refractivity contribution in [1.82, 2.24) is 0 Å². The highest BCUT2D eigenvalue weighted by molar-refractivity contribution is 5.07. The molecule has 4 fully saturated rings. The molecule has 1 nitrogen and oxygen atoms in total. The summed E-state index contributed by atoms with van der Waals surface area (Å²) >= 11 is 0. The minimum Gasteiger partial charge on any atom is -0.330 e. The van der Waals surface area contributed by atoms with E-state index in [4.69, 9.17) is 5.73 Å². The third-order valence-corrected chi connectivity index (χ3v) is 5.41. The van der Waals surface area contributed by atoms with Crippen LogP contribution in [0.25, 0.3) is 0 Å². The Bertz CT molecular complexity index is 233. The fourth-order valence-corrected chi connectivity index (χ4v) is 5.23. The van der Waals surface area contributed by atoms with Crippen LogP contribution in [0.2, 0.25) is 0 Å². The third kappa shape index (κ3) is 1.39. The summed E-state index contributed by atoms with van der Waals surface area (Å²) in [5.41, 5.74) is 6.51. The maximum atomic E-state index is 5.93. The van der Waals surface area contributed by atoms with Gasteiger partial charge in [0.05, 0.1) is 0 Å². The van der Waals surface area contributed by atoms with Crippen molar-refractivity contribution in [3.63, 3.8) is 0 Å². The van der Waals surface area contributed by atoms with Crippen LogP contribution in [0.5, 0.6) is 0 Å². The van der Waals surface area contributed by atoms with Gasteiger partial charge < -0.3 is 5.73 Å². The fourth-order valence-electron chi connectivity index (χ4n) is 5.23. The van der Waals surface area contributed by atoms with E-state index < -0.39 is 0 Å². The molecule has 4 aliphatic carbocycles. The number of rotatable bonds is 3. The standard InChI is InChI=1S/C14H23N/c1-2-13(9-15)14-6-10-3-11(7-14)5-12(4-10)8-14/h2,10-13H,1,3-9,15H2. The van der Waals surface area contributed by atoms with Gasteiger partial charge in [0.2, 0.25) is 0 Å². The Kier molecular flexibility index (Phi) is 2.21. The zero-order valence-corrected chi connectivity index (χ0v) is 9.62. The van der Waals surface area contributed by atoms with Crippen LogP contribution in [0.15, 0.2) is 12.7 Å². The van der Waals surface area contributed by atoms with Crippen molar-refractivity contribution < 1.29 is 0 Å². The van der Waals surface area contributed by atoms with E-state index >= 15 is 0 Å². The summed E-state index contributed by atoms with van der Waals surface area (Å²) in [6.45, 7) is 4.82. The molecule has 2 N–H and O–H groups in total. The smallest absolute Gasteiger partial charge is 0.000892 e. The summed E-state index contributed by atoms with van der Waals surface area (Å²) in [5.74, 6) is 3.69. The summed E-state index contributed by atoms with van der Waals surface area (Å²) < 4.78 is 0. The summed E-state index contributed by atoms with van der Waals surface area (Å²) in [5, 5.41) is 0. The van der Waals surface area contributed by atoms with Gasteiger partial charge in [-0.3, -0.25) is 0 Å². The van der Waals surface area contributed by atoms with E-state index in [0.29, 0.717) is 11.3 Å². The highest BCUT2D eigenvalue weighted by atomic mass is 14.6. The molecule has 0 amide bonds. The van der Waals surface area contributed by atoms with E-state index in [0.717, 1.165) is 24.3 Å². The van der Waals surface area contributed by atoms with E-state index in [1.54, 1.807) is 0 Å². The van der Waals surface area contributed by atoms with Crippen LogP contribution < -0.4 is 5.73 Å². The Morgan fingerprint density at radius 2 is 1.60 bits per heavy atom. The zero-order valence-electron chi connectivity index (χ0n) is 9.62. The average molecular weight is 205 g/mol. The second-order valence-corrected chi connectivity index (χ2v) is 6.36. The largest absolute Gasteiger partial charge is 0.330 e. The fraction of sp³-hybridized carbons (Fsp3) is 0.857. The van der Waals surface area contributed by atoms with Crippen LogP contribution in [0.4, 0.5) is 0 Å². The lowest BCUT2D eigenvalue weighted by molar-refractivity contribution is -0.0743. The van der Waals surface area contributed by atoms with Crippen molar-refractivity contribution >= 4 is 0 Å². The van der Waals surface area contributed by atoms with Gasteiger partial charge in [0.15, 0.2) is 0 Å². The summed E-state index contributed by atoms with van der Waals surface area (Å²) in [6, 6.07) is 0. The maximum Gasteiger partial charge on any atom is -0.000892 e. The first-order valence-electron chi connectivity index (χ1n) is 6.58. The lowest BCUT2D eigenvalue weighted by Crippen LogP contribution is -2.50. The first-order chi connectivity index (χ1) is 7.25. The molecule has 4 saturated carbocycles. The molecule has 4 rings (SSSR count). The average Bonchev–Trinajstić information content (AvgIpc) is 2.16. The summed E-state index contributed by atoms with van der Waals surface area (Å²) in [4.78, 5) is 0. The lowest BCUT2D eigenvalue weighted by atomic mass is 9.46. The van der Waals surface area contributed by atoms with Crippen LogP contribution in [-0.2, 0) is 0 Å². The molecule has 4 aliphatic rings. The molecule has 1 unspecified atom stereocenters. The van der Waals surface area contributed by atoms with Crippen molar-refractivity contribution in [2.45, 2.75) is 38.5 Å². The van der Waals surface area contributed by atoms with Crippen LogP contribution >= 0.6 is 0 Å². The Hall–Kier alpha value is -0.300. The SMILES string of the molecule is C=CC(CN)C12CC3CC(CC(C3)C1)C2. The van der Waals surface area contributed by atoms with Crippen LogP contribution in [0.3, 0.4) is 0 Å². The molecule has 1 heteroatoms. The van der Waals surface area contributed by atoms with Gasteiger partial charge in [-0.05, 0) is 74.2 Å². The summed E-state index contributed by atoms with van der Waals surface area (Å²) in [6.07, 6.45) is 11.1. The van der Waals surface area contributed by atoms with E-state index in [1.807, 2.05) is 0 Å². The van der Waals surface area contributed by atoms with Crippen molar-refractivity contribution in [2.24, 2.45) is 34.8 Å². The molecule has 0 aromatic carbocycles. The molecule has 0 saturated heterocycles. The van der Waals surface area contributed by atoms with Crippen LogP contribution in [0, 0.1) is 29.1 Å². The Morgan fingerprint density at radius 1 is 1.13 bits per heavy atom. The van der Waals surface area contributed by atoms with Crippen molar-refractivity contribution in [2.75, 3.05) is 6.54 Å². The number of hydrogen-bond acceptors (Lipinski definition) is 1. The molecule has 0 aromatic heterocycles. The van der Waals surface area contributed by atoms with Gasteiger partial charge in [-0.1, -0.05) is 6.08 Å². The van der Waals surface area contributed by atoms with Gasteiger partial charge >= 0.3 is 0 Å². The Morgan fingerprint density at radius 3 is 1.93 bits per heavy atom. The van der Waals surface area contributed by atoms with E-state index in [1.165, 1.54) is 38.5 Å². The second kappa shape index (κ2) is 3.35. The number of nitrogens with two attached hydrogens (primary N) is 1. The molecule has 0 spiro atoms. The van der Waals surface area contributed by atoms with E-state index in [2.05, 4.69) is 12.7 Å². The van der Waals surface area contributed by atoms with Crippen LogP contribution in [-0.4, -0.2) is 6.54 Å². The minimum atomic E-state index is 0.575. The van der Waals surface area contributed by atoms with Crippen molar-refractivity contribution in [3.05, 3.63) is 12.7 Å². The molecular weight excluding hydrogens is 182 g/mol. The van der Waals surface area contributed by atoms with Gasteiger partial charge in [0, 0.05) is 0 Å². The molecule has 15 heavy (non-hydrogen) atoms. The van der Waals surface area contributed by atoms with Crippen molar-refractivity contribution in [1.29, 1.82) is 0 Å². The molecule has 0 aromatic rings. The van der Waals surface area contributed by atoms with Crippen LogP contribution in [0.1, 0.15) is 38.5 Å². The topological polar surface area (TPSA) is 26.0 Å². The van der Waals surface area contributed by atoms with Gasteiger partial charge in [0.1, 0.15) is 0 Å². The predicted molar refractivity (Wildman–Crippen MR) is 63.3 cm³/mol. The molecule has 0 aliphatic heterocycles. The Labute approximate surface area is 93.1 Å². The van der Waals surface area contributed by atoms with E-state index in [-0.39, 0.29) is 0 Å². The van der Waals surface area contributed by atoms with Crippen molar-refractivity contribution in [3.8, 4) is 0 Å². The molecular formula is C14H23N. The predicted octanol–water partition coefficient (Wildman–Crippen LogP) is 2.96. The molecule has 84 valence electrons. The zero-order chi connectivity index (χ0) is 10.5. The maximum absolute atomic E-state index is 5.93. The van der Waals surface area contributed by atoms with Gasteiger partial charge in [0.25, 0.3) is 0 Å².